The second-order valence-electron chi connectivity index (χ2n) is 6.59. The molecule has 2 amide bonds. The van der Waals surface area contributed by atoms with Crippen molar-refractivity contribution in [3.63, 3.8) is 0 Å². The van der Waals surface area contributed by atoms with Crippen molar-refractivity contribution in [3.8, 4) is 11.5 Å². The van der Waals surface area contributed by atoms with Gasteiger partial charge in [-0.05, 0) is 38.0 Å². The molecule has 0 bridgehead atoms. The number of nitrogens with zero attached hydrogens (tertiary/aromatic N) is 3. The molecule has 0 spiro atoms. The quantitative estimate of drug-likeness (QED) is 0.860. The van der Waals surface area contributed by atoms with Gasteiger partial charge in [0.05, 0.1) is 6.54 Å². The monoisotopic (exact) mass is 372 g/mol. The van der Waals surface area contributed by atoms with Crippen molar-refractivity contribution in [2.75, 3.05) is 26.4 Å². The summed E-state index contributed by atoms with van der Waals surface area (Å²) in [7, 11) is 0. The highest BCUT2D eigenvalue weighted by Gasteiger charge is 2.27. The van der Waals surface area contributed by atoms with Crippen LogP contribution >= 0.6 is 0 Å². The van der Waals surface area contributed by atoms with Crippen LogP contribution in [-0.2, 0) is 4.79 Å². The molecule has 142 valence electrons. The van der Waals surface area contributed by atoms with Crippen LogP contribution in [0.4, 0.5) is 0 Å². The van der Waals surface area contributed by atoms with Gasteiger partial charge in [0.2, 0.25) is 18.6 Å². The largest absolute Gasteiger partial charge is 0.454 e. The maximum Gasteiger partial charge on any atom is 0.251 e. The van der Waals surface area contributed by atoms with E-state index in [4.69, 9.17) is 14.0 Å². The predicted molar refractivity (Wildman–Crippen MR) is 92.5 cm³/mol. The number of ether oxygens (including phenoxy) is 2. The molecule has 1 aromatic heterocycles. The van der Waals surface area contributed by atoms with E-state index >= 15 is 0 Å². The molecule has 2 aromatic rings. The van der Waals surface area contributed by atoms with Crippen LogP contribution in [0.2, 0.25) is 0 Å². The zero-order valence-electron chi connectivity index (χ0n) is 14.9. The number of benzene rings is 1. The molecule has 9 heteroatoms. The first-order chi connectivity index (χ1) is 13.1. The Morgan fingerprint density at radius 3 is 2.74 bits per heavy atom. The third kappa shape index (κ3) is 3.71. The van der Waals surface area contributed by atoms with Gasteiger partial charge >= 0.3 is 0 Å². The molecule has 1 saturated heterocycles. The Balaban J connectivity index is 1.27. The van der Waals surface area contributed by atoms with Crippen molar-refractivity contribution >= 4 is 11.8 Å². The van der Waals surface area contributed by atoms with Gasteiger partial charge in [0.15, 0.2) is 17.3 Å². The average molecular weight is 372 g/mol. The third-order valence-electron chi connectivity index (χ3n) is 4.78. The van der Waals surface area contributed by atoms with Crippen molar-refractivity contribution in [3.05, 3.63) is 35.5 Å². The van der Waals surface area contributed by atoms with E-state index in [-0.39, 0.29) is 31.1 Å². The normalized spacial score (nSPS) is 16.4. The summed E-state index contributed by atoms with van der Waals surface area (Å²) in [5.41, 5.74) is 0.428. The topological polar surface area (TPSA) is 107 Å². The number of hydrogen-bond donors (Lipinski definition) is 1. The van der Waals surface area contributed by atoms with E-state index in [0.717, 1.165) is 12.8 Å². The summed E-state index contributed by atoms with van der Waals surface area (Å²) >= 11 is 0. The fourth-order valence-electron chi connectivity index (χ4n) is 3.26. The molecular formula is C18H20N4O5. The summed E-state index contributed by atoms with van der Waals surface area (Å²) in [6, 6.07) is 4.94. The van der Waals surface area contributed by atoms with Crippen molar-refractivity contribution in [2.45, 2.75) is 25.7 Å². The Bertz CT molecular complexity index is 857. The maximum atomic E-state index is 12.4. The second kappa shape index (κ2) is 7.26. The Morgan fingerprint density at radius 2 is 2.00 bits per heavy atom. The van der Waals surface area contributed by atoms with Crippen molar-refractivity contribution in [1.82, 2.24) is 20.4 Å². The first kappa shape index (κ1) is 17.3. The van der Waals surface area contributed by atoms with Crippen LogP contribution in [0.25, 0.3) is 0 Å². The highest BCUT2D eigenvalue weighted by Crippen LogP contribution is 2.32. The fourth-order valence-corrected chi connectivity index (χ4v) is 3.26. The van der Waals surface area contributed by atoms with E-state index in [1.807, 2.05) is 0 Å². The van der Waals surface area contributed by atoms with E-state index < -0.39 is 0 Å². The standard InChI is InChI=1S/C18H20N4O5/c1-11-20-18(27-21-11)12-4-6-22(7-5-12)16(23)9-19-17(24)13-2-3-14-15(8-13)26-10-25-14/h2-3,8,12H,4-7,9-10H2,1H3,(H,19,24). The van der Waals surface area contributed by atoms with Crippen molar-refractivity contribution in [2.24, 2.45) is 0 Å². The first-order valence-corrected chi connectivity index (χ1v) is 8.86. The molecule has 1 N–H and O–H groups in total. The summed E-state index contributed by atoms with van der Waals surface area (Å²) in [5, 5.41) is 6.48. The van der Waals surface area contributed by atoms with Gasteiger partial charge < -0.3 is 24.2 Å². The lowest BCUT2D eigenvalue weighted by molar-refractivity contribution is -0.131. The van der Waals surface area contributed by atoms with Crippen molar-refractivity contribution < 1.29 is 23.6 Å². The zero-order valence-corrected chi connectivity index (χ0v) is 14.9. The van der Waals surface area contributed by atoms with Gasteiger partial charge in [-0.2, -0.15) is 4.98 Å². The summed E-state index contributed by atoms with van der Waals surface area (Å²) in [5.74, 6) is 2.15. The van der Waals surface area contributed by atoms with Crippen LogP contribution in [0.15, 0.2) is 22.7 Å². The maximum absolute atomic E-state index is 12.4. The number of piperidine rings is 1. The number of fused-ring (bicyclic) bond motifs is 1. The van der Waals surface area contributed by atoms with Gasteiger partial charge in [-0.15, -0.1) is 0 Å². The van der Waals surface area contributed by atoms with Gasteiger partial charge in [-0.3, -0.25) is 9.59 Å². The van der Waals surface area contributed by atoms with E-state index in [2.05, 4.69) is 15.5 Å². The molecule has 2 aliphatic rings. The SMILES string of the molecule is Cc1noc(C2CCN(C(=O)CNC(=O)c3ccc4c(c3)OCO4)CC2)n1. The number of aromatic nitrogens is 2. The number of carbonyl (C=O) groups is 2. The molecule has 3 heterocycles. The van der Waals surface area contributed by atoms with Gasteiger partial charge in [-0.25, -0.2) is 0 Å². The van der Waals surface area contributed by atoms with Crippen LogP contribution in [0.5, 0.6) is 11.5 Å². The molecule has 9 nitrogen and oxygen atoms in total. The molecular weight excluding hydrogens is 352 g/mol. The third-order valence-corrected chi connectivity index (χ3v) is 4.78. The molecule has 1 aromatic carbocycles. The number of amides is 2. The molecule has 4 rings (SSSR count). The Kier molecular flexibility index (Phi) is 4.66. The van der Waals surface area contributed by atoms with Gasteiger partial charge in [-0.1, -0.05) is 5.16 Å². The van der Waals surface area contributed by atoms with E-state index in [0.29, 0.717) is 41.9 Å². The molecule has 1 fully saturated rings. The predicted octanol–water partition coefficient (Wildman–Crippen LogP) is 1.24. The van der Waals surface area contributed by atoms with E-state index in [9.17, 15) is 9.59 Å². The summed E-state index contributed by atoms with van der Waals surface area (Å²) in [6.45, 7) is 3.10. The molecule has 27 heavy (non-hydrogen) atoms. The zero-order chi connectivity index (χ0) is 18.8. The lowest BCUT2D eigenvalue weighted by atomic mass is 9.97. The van der Waals surface area contributed by atoms with Gasteiger partial charge in [0.1, 0.15) is 0 Å². The minimum Gasteiger partial charge on any atom is -0.454 e. The number of rotatable bonds is 4. The number of likely N-dealkylation sites (tertiary alicyclic amines) is 1. The van der Waals surface area contributed by atoms with Crippen LogP contribution in [0.1, 0.15) is 40.8 Å². The molecule has 0 radical (unpaired) electrons. The van der Waals surface area contributed by atoms with Gasteiger partial charge in [0, 0.05) is 24.6 Å². The highest BCUT2D eigenvalue weighted by atomic mass is 16.7. The molecule has 2 aliphatic heterocycles. The molecule has 0 saturated carbocycles. The average Bonchev–Trinajstić information content (AvgIpc) is 3.34. The Labute approximate surface area is 155 Å². The molecule has 0 aliphatic carbocycles. The van der Waals surface area contributed by atoms with E-state index in [1.165, 1.54) is 0 Å². The minimum absolute atomic E-state index is 0.0440. The molecule has 0 unspecified atom stereocenters. The van der Waals surface area contributed by atoms with Crippen LogP contribution in [0, 0.1) is 6.92 Å². The lowest BCUT2D eigenvalue weighted by Crippen LogP contribution is -2.43. The Morgan fingerprint density at radius 1 is 1.22 bits per heavy atom. The number of aryl methyl sites for hydroxylation is 1. The number of carbonyl (C=O) groups excluding carboxylic acids is 2. The van der Waals surface area contributed by atoms with Crippen LogP contribution in [0.3, 0.4) is 0 Å². The van der Waals surface area contributed by atoms with Crippen LogP contribution < -0.4 is 14.8 Å². The number of nitrogens with one attached hydrogen (secondary N) is 1. The summed E-state index contributed by atoms with van der Waals surface area (Å²) < 4.78 is 15.7. The highest BCUT2D eigenvalue weighted by molar-refractivity contribution is 5.97. The smallest absolute Gasteiger partial charge is 0.251 e. The first-order valence-electron chi connectivity index (χ1n) is 8.86. The van der Waals surface area contributed by atoms with Gasteiger partial charge in [0.25, 0.3) is 5.91 Å². The van der Waals surface area contributed by atoms with Crippen LogP contribution in [-0.4, -0.2) is 53.3 Å². The minimum atomic E-state index is -0.321. The molecule has 0 atom stereocenters. The summed E-state index contributed by atoms with van der Waals surface area (Å²) in [4.78, 5) is 30.7. The second-order valence-corrected chi connectivity index (χ2v) is 6.59. The number of hydrogen-bond acceptors (Lipinski definition) is 7. The van der Waals surface area contributed by atoms with E-state index in [1.54, 1.807) is 30.0 Å². The van der Waals surface area contributed by atoms with Crippen molar-refractivity contribution in [1.29, 1.82) is 0 Å². The Hall–Kier alpha value is -3.10. The lowest BCUT2D eigenvalue weighted by Gasteiger charge is -2.30. The summed E-state index contributed by atoms with van der Waals surface area (Å²) in [6.07, 6.45) is 1.53. The fraction of sp³-hybridized carbons (Fsp3) is 0.444.